The van der Waals surface area contributed by atoms with Gasteiger partial charge in [-0.1, -0.05) is 45.1 Å². The third-order valence-corrected chi connectivity index (χ3v) is 11.3. The van der Waals surface area contributed by atoms with Crippen LogP contribution in [0.3, 0.4) is 0 Å². The van der Waals surface area contributed by atoms with Gasteiger partial charge >= 0.3 is 6.03 Å². The molecule has 7 nitrogen and oxygen atoms in total. The Morgan fingerprint density at radius 2 is 1.91 bits per heavy atom. The van der Waals surface area contributed by atoms with Crippen molar-refractivity contribution in [1.82, 2.24) is 15.1 Å². The number of hydrogen-bond donors (Lipinski definition) is 3. The monoisotopic (exact) mass is 471 g/mol. The van der Waals surface area contributed by atoms with Crippen LogP contribution in [-0.2, 0) is 23.3 Å². The van der Waals surface area contributed by atoms with E-state index in [0.717, 1.165) is 36.1 Å². The summed E-state index contributed by atoms with van der Waals surface area (Å²) in [6.07, 6.45) is 3.52. The quantitative estimate of drug-likeness (QED) is 0.496. The second-order valence-electron chi connectivity index (χ2n) is 10.8. The van der Waals surface area contributed by atoms with Gasteiger partial charge in [-0.3, -0.25) is 9.89 Å². The molecular weight excluding hydrogens is 437 g/mol. The minimum Gasteiger partial charge on any atom is -0.309 e. The summed E-state index contributed by atoms with van der Waals surface area (Å²) in [5.74, 6) is 0.0786. The minimum absolute atomic E-state index is 0.0434. The summed E-state index contributed by atoms with van der Waals surface area (Å²) in [7, 11) is -1.72. The molecule has 4 rings (SSSR count). The highest BCUT2D eigenvalue weighted by atomic mass is 28.3. The van der Waals surface area contributed by atoms with Crippen LogP contribution in [0.15, 0.2) is 18.2 Å². The number of nitrogens with one attached hydrogen (secondary N) is 3. The van der Waals surface area contributed by atoms with Gasteiger partial charge in [-0.05, 0) is 44.7 Å². The highest BCUT2D eigenvalue weighted by Crippen LogP contribution is 2.56. The molecule has 9 heteroatoms. The first-order valence-electron chi connectivity index (χ1n) is 11.7. The number of anilines is 2. The molecule has 0 spiro atoms. The SMILES string of the molecule is CCc1cccc(F)c1NC(=O)N1Cc2c(NC(=O)C3([Si](C)(C)C)CCC3)n[nH]c2C1(C)C. The van der Waals surface area contributed by atoms with Crippen LogP contribution in [0.2, 0.25) is 24.7 Å². The van der Waals surface area contributed by atoms with Crippen molar-refractivity contribution in [3.8, 4) is 0 Å². The largest absolute Gasteiger partial charge is 0.323 e. The van der Waals surface area contributed by atoms with Gasteiger partial charge in [0.1, 0.15) is 5.82 Å². The summed E-state index contributed by atoms with van der Waals surface area (Å²) in [4.78, 5) is 28.2. The average Bonchev–Trinajstić information content (AvgIpc) is 3.19. The lowest BCUT2D eigenvalue weighted by Crippen LogP contribution is -2.52. The van der Waals surface area contributed by atoms with Crippen molar-refractivity contribution in [3.05, 3.63) is 40.8 Å². The summed E-state index contributed by atoms with van der Waals surface area (Å²) in [6, 6.07) is 4.41. The molecule has 0 unspecified atom stereocenters. The summed E-state index contributed by atoms with van der Waals surface area (Å²) in [6.45, 7) is 12.7. The van der Waals surface area contributed by atoms with Crippen molar-refractivity contribution in [2.75, 3.05) is 10.6 Å². The lowest BCUT2D eigenvalue weighted by molar-refractivity contribution is -0.121. The van der Waals surface area contributed by atoms with Crippen LogP contribution in [0.5, 0.6) is 0 Å². The summed E-state index contributed by atoms with van der Waals surface area (Å²) in [5, 5.41) is 13.0. The number of fused-ring (bicyclic) bond motifs is 1. The molecule has 2 heterocycles. The van der Waals surface area contributed by atoms with E-state index in [1.54, 1.807) is 11.0 Å². The molecule has 33 heavy (non-hydrogen) atoms. The molecule has 0 saturated heterocycles. The fraction of sp³-hybridized carbons (Fsp3) is 0.542. The Balaban J connectivity index is 1.56. The van der Waals surface area contributed by atoms with E-state index in [9.17, 15) is 14.0 Å². The van der Waals surface area contributed by atoms with Crippen LogP contribution in [0.25, 0.3) is 0 Å². The number of halogens is 1. The Kier molecular flexibility index (Phi) is 5.67. The number of amides is 3. The Morgan fingerprint density at radius 1 is 1.21 bits per heavy atom. The van der Waals surface area contributed by atoms with Crippen molar-refractivity contribution < 1.29 is 14.0 Å². The number of aromatic nitrogens is 2. The van der Waals surface area contributed by atoms with Crippen molar-refractivity contribution >= 4 is 31.5 Å². The molecule has 1 aromatic carbocycles. The van der Waals surface area contributed by atoms with Gasteiger partial charge in [0.15, 0.2) is 5.82 Å². The second-order valence-corrected chi connectivity index (χ2v) is 16.2. The second kappa shape index (κ2) is 7.97. The van der Waals surface area contributed by atoms with Gasteiger partial charge in [0.25, 0.3) is 0 Å². The molecule has 1 aliphatic carbocycles. The van der Waals surface area contributed by atoms with E-state index in [2.05, 4.69) is 40.5 Å². The lowest BCUT2D eigenvalue weighted by atomic mass is 9.83. The number of aromatic amines is 1. The number of H-pyrrole nitrogens is 1. The average molecular weight is 472 g/mol. The molecule has 1 fully saturated rings. The molecule has 178 valence electrons. The van der Waals surface area contributed by atoms with E-state index < -0.39 is 19.4 Å². The fourth-order valence-corrected chi connectivity index (χ4v) is 7.80. The zero-order valence-corrected chi connectivity index (χ0v) is 21.4. The summed E-state index contributed by atoms with van der Waals surface area (Å²) < 4.78 is 14.4. The predicted molar refractivity (Wildman–Crippen MR) is 130 cm³/mol. The molecule has 2 aromatic rings. The number of rotatable bonds is 5. The molecule has 1 aliphatic heterocycles. The third kappa shape index (κ3) is 3.66. The number of hydrogen-bond acceptors (Lipinski definition) is 3. The minimum atomic E-state index is -1.72. The molecule has 0 bridgehead atoms. The Bertz CT molecular complexity index is 1100. The molecular formula is C24H34FN5O2Si. The van der Waals surface area contributed by atoms with Crippen LogP contribution in [0.4, 0.5) is 20.7 Å². The van der Waals surface area contributed by atoms with Crippen LogP contribution < -0.4 is 10.6 Å². The first kappa shape index (κ1) is 23.5. The fourth-order valence-electron chi connectivity index (χ4n) is 5.20. The maximum absolute atomic E-state index is 14.4. The van der Waals surface area contributed by atoms with Crippen molar-refractivity contribution in [2.24, 2.45) is 0 Å². The molecule has 1 aromatic heterocycles. The Hall–Kier alpha value is -2.68. The standard InChI is InChI=1S/C24H34FN5O2Si/c1-7-15-10-8-11-17(25)18(15)26-22(32)30-14-16-19(23(30,2)3)28-29-20(16)27-21(31)24(12-9-13-24)33(4,5)6/h8,10-11H,7,9,12-14H2,1-6H3,(H,26,32)(H2,27,28,29,31). The first-order chi connectivity index (χ1) is 15.4. The van der Waals surface area contributed by atoms with Gasteiger partial charge in [-0.25, -0.2) is 9.18 Å². The predicted octanol–water partition coefficient (Wildman–Crippen LogP) is 5.60. The Labute approximate surface area is 195 Å². The van der Waals surface area contributed by atoms with Gasteiger partial charge in [-0.15, -0.1) is 0 Å². The third-order valence-electron chi connectivity index (χ3n) is 7.74. The maximum atomic E-state index is 14.4. The first-order valence-corrected chi connectivity index (χ1v) is 15.2. The number of benzene rings is 1. The molecule has 3 amide bonds. The van der Waals surface area contributed by atoms with Crippen molar-refractivity contribution in [2.45, 2.75) is 83.2 Å². The van der Waals surface area contributed by atoms with Gasteiger partial charge < -0.3 is 15.5 Å². The maximum Gasteiger partial charge on any atom is 0.323 e. The highest BCUT2D eigenvalue weighted by Gasteiger charge is 2.54. The molecule has 0 atom stereocenters. The van der Waals surface area contributed by atoms with Crippen LogP contribution in [0.1, 0.15) is 56.9 Å². The van der Waals surface area contributed by atoms with Gasteiger partial charge in [-0.2, -0.15) is 5.10 Å². The van der Waals surface area contributed by atoms with Gasteiger partial charge in [0, 0.05) is 10.6 Å². The van der Waals surface area contributed by atoms with Gasteiger partial charge in [0.05, 0.1) is 31.5 Å². The molecule has 0 radical (unpaired) electrons. The van der Waals surface area contributed by atoms with E-state index in [-0.39, 0.29) is 29.2 Å². The Morgan fingerprint density at radius 3 is 2.48 bits per heavy atom. The zero-order chi connectivity index (χ0) is 24.2. The number of urea groups is 1. The van der Waals surface area contributed by atoms with E-state index in [1.807, 2.05) is 26.8 Å². The lowest BCUT2D eigenvalue weighted by Gasteiger charge is -2.48. The van der Waals surface area contributed by atoms with Crippen LogP contribution in [-0.4, -0.2) is 35.1 Å². The van der Waals surface area contributed by atoms with E-state index in [0.29, 0.717) is 12.2 Å². The van der Waals surface area contributed by atoms with Crippen LogP contribution >= 0.6 is 0 Å². The number of carbonyl (C=O) groups excluding carboxylic acids is 2. The highest BCUT2D eigenvalue weighted by molar-refractivity contribution is 6.83. The summed E-state index contributed by atoms with van der Waals surface area (Å²) >= 11 is 0. The zero-order valence-electron chi connectivity index (χ0n) is 20.4. The summed E-state index contributed by atoms with van der Waals surface area (Å²) in [5.41, 5.74) is 1.85. The van der Waals surface area contributed by atoms with Crippen molar-refractivity contribution in [1.29, 1.82) is 0 Å². The van der Waals surface area contributed by atoms with E-state index >= 15 is 0 Å². The van der Waals surface area contributed by atoms with Crippen LogP contribution in [0, 0.1) is 5.82 Å². The molecule has 1 saturated carbocycles. The smallest absolute Gasteiger partial charge is 0.309 e. The van der Waals surface area contributed by atoms with E-state index in [1.165, 1.54) is 6.07 Å². The van der Waals surface area contributed by atoms with Gasteiger partial charge in [0.2, 0.25) is 5.91 Å². The number of para-hydroxylation sites is 1. The number of carbonyl (C=O) groups is 2. The number of aryl methyl sites for hydroxylation is 1. The topological polar surface area (TPSA) is 90.1 Å². The molecule has 3 N–H and O–H groups in total. The van der Waals surface area contributed by atoms with Crippen molar-refractivity contribution in [3.63, 3.8) is 0 Å². The molecule has 2 aliphatic rings. The normalized spacial score (nSPS) is 18.5. The number of nitrogens with zero attached hydrogens (tertiary/aromatic N) is 2. The van der Waals surface area contributed by atoms with E-state index in [4.69, 9.17) is 0 Å².